The summed E-state index contributed by atoms with van der Waals surface area (Å²) in [4.78, 5) is 9.88. The van der Waals surface area contributed by atoms with Gasteiger partial charge in [-0.15, -0.1) is 0 Å². The van der Waals surface area contributed by atoms with Crippen molar-refractivity contribution in [3.63, 3.8) is 0 Å². The van der Waals surface area contributed by atoms with Crippen LogP contribution < -0.4 is 10.2 Å². The lowest BCUT2D eigenvalue weighted by molar-refractivity contribution is -0.124. The predicted octanol–water partition coefficient (Wildman–Crippen LogP) is 4.45. The zero-order valence-electron chi connectivity index (χ0n) is 23.4. The van der Waals surface area contributed by atoms with Crippen molar-refractivity contribution in [1.82, 2.24) is 19.7 Å². The first-order valence-electron chi connectivity index (χ1n) is 14.8. The summed E-state index contributed by atoms with van der Waals surface area (Å²) in [5, 5.41) is 16.4. The molecule has 0 radical (unpaired) electrons. The van der Waals surface area contributed by atoms with Crippen LogP contribution in [0.3, 0.4) is 0 Å². The van der Waals surface area contributed by atoms with Crippen LogP contribution in [0.5, 0.6) is 0 Å². The highest BCUT2D eigenvalue weighted by molar-refractivity contribution is 5.92. The summed E-state index contributed by atoms with van der Waals surface area (Å²) < 4.78 is 8.57. The number of hydrogen-bond acceptors (Lipinski definition) is 7. The van der Waals surface area contributed by atoms with E-state index in [1.165, 1.54) is 87.6 Å². The van der Waals surface area contributed by atoms with E-state index in [4.69, 9.17) is 15.2 Å². The second-order valence-electron chi connectivity index (χ2n) is 12.9. The van der Waals surface area contributed by atoms with E-state index in [0.29, 0.717) is 23.2 Å². The van der Waals surface area contributed by atoms with Crippen LogP contribution in [0.1, 0.15) is 79.6 Å². The molecule has 8 rings (SSSR count). The summed E-state index contributed by atoms with van der Waals surface area (Å²) in [6, 6.07) is 2.13. The lowest BCUT2D eigenvalue weighted by atomic mass is 9.56. The quantitative estimate of drug-likeness (QED) is 0.551. The number of nitrogens with zero attached hydrogens (tertiary/aromatic N) is 5. The molecule has 3 aliphatic heterocycles. The van der Waals surface area contributed by atoms with Crippen molar-refractivity contribution in [2.75, 3.05) is 36.9 Å². The molecular formula is C30H43N7O. The molecule has 0 spiro atoms. The largest absolute Gasteiger partial charge is 0.373 e. The second-order valence-corrected chi connectivity index (χ2v) is 12.9. The number of anilines is 2. The van der Waals surface area contributed by atoms with Gasteiger partial charge in [-0.2, -0.15) is 5.10 Å². The Labute approximate surface area is 226 Å². The van der Waals surface area contributed by atoms with Gasteiger partial charge in [0.05, 0.1) is 29.2 Å². The van der Waals surface area contributed by atoms with Crippen LogP contribution in [-0.2, 0) is 24.2 Å². The van der Waals surface area contributed by atoms with E-state index in [0.717, 1.165) is 48.8 Å². The Morgan fingerprint density at radius 3 is 2.47 bits per heavy atom. The molecule has 3 aliphatic carbocycles. The minimum Gasteiger partial charge on any atom is -0.373 e. The summed E-state index contributed by atoms with van der Waals surface area (Å²) in [6.45, 7) is 9.42. The molecular weight excluding hydrogens is 474 g/mol. The Kier molecular flexibility index (Phi) is 5.85. The Bertz CT molecular complexity index is 1220. The molecule has 5 fully saturated rings. The number of ether oxygens (including phenoxy) is 1. The van der Waals surface area contributed by atoms with Gasteiger partial charge in [-0.05, 0) is 76.7 Å². The van der Waals surface area contributed by atoms with Gasteiger partial charge in [0.25, 0.3) is 0 Å². The molecule has 2 aromatic heterocycles. The van der Waals surface area contributed by atoms with Crippen LogP contribution in [0.15, 0.2) is 6.07 Å². The summed E-state index contributed by atoms with van der Waals surface area (Å²) in [5.74, 6) is 0.780. The molecule has 0 unspecified atom stereocenters. The normalized spacial score (nSPS) is 32.4. The Hall–Kier alpha value is -2.45. The van der Waals surface area contributed by atoms with Gasteiger partial charge in [-0.1, -0.05) is 0 Å². The van der Waals surface area contributed by atoms with Gasteiger partial charge in [0.2, 0.25) is 0 Å². The molecule has 2 N–H and O–H groups in total. The standard InChI is InChI=1S/C30H43N7O/c1-20-14-27(24(15-31)28(32-3)33-20)35-13-6-26-25(18-35)21(2)34-37(26)19-29-7-10-30(11-8-29,12-9-29)36-16-22-4-5-23(17-36)38-22/h14-15,22-23,31H,4-13,16-19H2,1-3H3,(H,32,33)/t22-,23+,29?,30?. The van der Waals surface area contributed by atoms with E-state index in [1.54, 1.807) is 0 Å². The third kappa shape index (κ3) is 3.89. The molecule has 204 valence electrons. The molecule has 2 aromatic rings. The molecule has 0 aromatic carbocycles. The van der Waals surface area contributed by atoms with Crippen molar-refractivity contribution in [3.8, 4) is 0 Å². The van der Waals surface area contributed by atoms with Gasteiger partial charge in [0, 0.05) is 74.9 Å². The smallest absolute Gasteiger partial charge is 0.136 e. The summed E-state index contributed by atoms with van der Waals surface area (Å²) in [6.07, 6.45) is 14.0. The van der Waals surface area contributed by atoms with E-state index in [9.17, 15) is 0 Å². The van der Waals surface area contributed by atoms with Gasteiger partial charge in [-0.3, -0.25) is 9.58 Å². The molecule has 3 saturated carbocycles. The van der Waals surface area contributed by atoms with Crippen LogP contribution in [0, 0.1) is 24.7 Å². The number of pyridine rings is 1. The number of nitrogens with one attached hydrogen (secondary N) is 2. The molecule has 8 heteroatoms. The van der Waals surface area contributed by atoms with E-state index < -0.39 is 0 Å². The number of likely N-dealkylation sites (tertiary alicyclic amines) is 1. The molecule has 2 atom stereocenters. The third-order valence-electron chi connectivity index (χ3n) is 10.8. The first kappa shape index (κ1) is 24.6. The first-order chi connectivity index (χ1) is 18.4. The van der Waals surface area contributed by atoms with Gasteiger partial charge in [0.1, 0.15) is 5.82 Å². The molecule has 8 nitrogen and oxygen atoms in total. The zero-order chi connectivity index (χ0) is 26.1. The van der Waals surface area contributed by atoms with Crippen LogP contribution in [-0.4, -0.2) is 70.3 Å². The fourth-order valence-electron chi connectivity index (χ4n) is 8.53. The van der Waals surface area contributed by atoms with Gasteiger partial charge in [-0.25, -0.2) is 4.98 Å². The highest BCUT2D eigenvalue weighted by atomic mass is 16.5. The first-order valence-corrected chi connectivity index (χ1v) is 14.8. The maximum atomic E-state index is 8.04. The van der Waals surface area contributed by atoms with Crippen molar-refractivity contribution >= 4 is 17.7 Å². The summed E-state index contributed by atoms with van der Waals surface area (Å²) in [5.41, 5.74) is 7.78. The van der Waals surface area contributed by atoms with Gasteiger partial charge < -0.3 is 20.4 Å². The van der Waals surface area contributed by atoms with Crippen molar-refractivity contribution in [2.45, 2.75) is 102 Å². The van der Waals surface area contributed by atoms with E-state index >= 15 is 0 Å². The zero-order valence-corrected chi connectivity index (χ0v) is 23.4. The van der Waals surface area contributed by atoms with Crippen LogP contribution in [0.4, 0.5) is 11.5 Å². The fourth-order valence-corrected chi connectivity index (χ4v) is 8.53. The lowest BCUT2D eigenvalue weighted by Crippen LogP contribution is -2.61. The van der Waals surface area contributed by atoms with E-state index in [-0.39, 0.29) is 0 Å². The highest BCUT2D eigenvalue weighted by Gasteiger charge is 2.53. The monoisotopic (exact) mass is 517 g/mol. The van der Waals surface area contributed by atoms with Crippen molar-refractivity contribution in [1.29, 1.82) is 5.41 Å². The molecule has 0 amide bonds. The van der Waals surface area contributed by atoms with Crippen LogP contribution in [0.25, 0.3) is 0 Å². The minimum absolute atomic E-state index is 0.410. The number of rotatable bonds is 6. The average Bonchev–Trinajstić information content (AvgIpc) is 3.45. The molecule has 4 bridgehead atoms. The number of hydrogen-bond donors (Lipinski definition) is 2. The van der Waals surface area contributed by atoms with Crippen molar-refractivity contribution < 1.29 is 4.74 Å². The maximum absolute atomic E-state index is 8.04. The molecule has 6 aliphatic rings. The van der Waals surface area contributed by atoms with E-state index in [2.05, 4.69) is 37.8 Å². The van der Waals surface area contributed by atoms with Crippen LogP contribution >= 0.6 is 0 Å². The number of fused-ring (bicyclic) bond motifs is 6. The summed E-state index contributed by atoms with van der Waals surface area (Å²) in [7, 11) is 1.88. The summed E-state index contributed by atoms with van der Waals surface area (Å²) >= 11 is 0. The molecule has 2 saturated heterocycles. The highest BCUT2D eigenvalue weighted by Crippen LogP contribution is 2.56. The Morgan fingerprint density at radius 2 is 1.82 bits per heavy atom. The Balaban J connectivity index is 1.08. The average molecular weight is 518 g/mol. The topological polar surface area (TPSA) is 82.3 Å². The van der Waals surface area contributed by atoms with Crippen molar-refractivity contribution in [2.24, 2.45) is 5.41 Å². The van der Waals surface area contributed by atoms with Crippen LogP contribution in [0.2, 0.25) is 0 Å². The number of aryl methyl sites for hydroxylation is 2. The third-order valence-corrected chi connectivity index (χ3v) is 10.8. The number of morpholine rings is 1. The SMILES string of the molecule is CNc1nc(C)cc(N2CCc3c(c(C)nn3CC34CCC(N5C[C@H]6CC[C@@H](C5)O6)(CC3)CC4)C2)c1C=N. The number of aromatic nitrogens is 3. The van der Waals surface area contributed by atoms with Gasteiger partial charge >= 0.3 is 0 Å². The fraction of sp³-hybridized carbons (Fsp3) is 0.700. The van der Waals surface area contributed by atoms with E-state index in [1.807, 2.05) is 14.0 Å². The van der Waals surface area contributed by atoms with Crippen molar-refractivity contribution in [3.05, 3.63) is 34.3 Å². The molecule has 38 heavy (non-hydrogen) atoms. The maximum Gasteiger partial charge on any atom is 0.136 e. The molecule has 5 heterocycles. The second kappa shape index (κ2) is 9.05. The predicted molar refractivity (Wildman–Crippen MR) is 150 cm³/mol. The lowest BCUT2D eigenvalue weighted by Gasteiger charge is -2.59. The Morgan fingerprint density at radius 1 is 1.11 bits per heavy atom. The van der Waals surface area contributed by atoms with Gasteiger partial charge in [0.15, 0.2) is 0 Å². The minimum atomic E-state index is 0.410.